The van der Waals surface area contributed by atoms with Gasteiger partial charge in [-0.05, 0) is 37.1 Å². The number of nitrogens with zero attached hydrogens (tertiary/aromatic N) is 4. The lowest BCUT2D eigenvalue weighted by atomic mass is 10.1. The van der Waals surface area contributed by atoms with Gasteiger partial charge in [0.2, 0.25) is 0 Å². The van der Waals surface area contributed by atoms with E-state index in [1.807, 2.05) is 46.2 Å². The molecule has 0 spiro atoms. The summed E-state index contributed by atoms with van der Waals surface area (Å²) in [6, 6.07) is 16.8. The molecule has 154 valence electrons. The molecule has 2 fully saturated rings. The summed E-state index contributed by atoms with van der Waals surface area (Å²) in [6.45, 7) is 4.25. The highest BCUT2D eigenvalue weighted by Crippen LogP contribution is 2.28. The topological polar surface area (TPSA) is 39.7 Å². The van der Waals surface area contributed by atoms with Crippen LogP contribution in [0.3, 0.4) is 0 Å². The van der Waals surface area contributed by atoms with Crippen molar-refractivity contribution in [3.63, 3.8) is 0 Å². The number of piperazine rings is 1. The molecule has 0 atom stereocenters. The summed E-state index contributed by atoms with van der Waals surface area (Å²) >= 11 is 0. The zero-order valence-electron chi connectivity index (χ0n) is 16.9. The third kappa shape index (κ3) is 3.47. The number of halogens is 1. The second-order valence-corrected chi connectivity index (χ2v) is 7.98. The van der Waals surface area contributed by atoms with Crippen LogP contribution in [-0.4, -0.2) is 55.1 Å². The van der Waals surface area contributed by atoms with E-state index in [1.165, 1.54) is 6.07 Å². The molecule has 6 heteroatoms. The van der Waals surface area contributed by atoms with Gasteiger partial charge in [-0.1, -0.05) is 30.3 Å². The second-order valence-electron chi connectivity index (χ2n) is 7.98. The quantitative estimate of drug-likeness (QED) is 0.663. The fourth-order valence-corrected chi connectivity index (χ4v) is 4.46. The van der Waals surface area contributed by atoms with Gasteiger partial charge in [0.05, 0.1) is 16.8 Å². The number of para-hydroxylation sites is 2. The van der Waals surface area contributed by atoms with Crippen molar-refractivity contribution < 1.29 is 9.18 Å². The molecule has 3 heterocycles. The molecule has 0 radical (unpaired) electrons. The molecule has 1 amide bonds. The first kappa shape index (κ1) is 18.9. The highest BCUT2D eigenvalue weighted by Gasteiger charge is 2.28. The van der Waals surface area contributed by atoms with Gasteiger partial charge in [-0.3, -0.25) is 4.79 Å². The Morgan fingerprint density at radius 1 is 0.833 bits per heavy atom. The predicted molar refractivity (Wildman–Crippen MR) is 118 cm³/mol. The smallest absolute Gasteiger partial charge is 0.257 e. The number of pyridine rings is 1. The maximum absolute atomic E-state index is 14.1. The van der Waals surface area contributed by atoms with Gasteiger partial charge in [-0.15, -0.1) is 0 Å². The van der Waals surface area contributed by atoms with Crippen LogP contribution in [0.25, 0.3) is 10.9 Å². The number of amides is 1. The standard InChI is InChI=1S/C24H25FN4O/c25-20-8-2-4-10-22(20)27-13-15-29(16-14-27)24(30)19-17-18-7-1-3-9-21(18)26-23(19)28-11-5-6-12-28/h1-4,7-10,17H,5-6,11-16H2. The van der Waals surface area contributed by atoms with Gasteiger partial charge in [-0.2, -0.15) is 0 Å². The van der Waals surface area contributed by atoms with Crippen molar-refractivity contribution in [3.05, 3.63) is 66.0 Å². The number of benzene rings is 2. The van der Waals surface area contributed by atoms with E-state index in [4.69, 9.17) is 4.98 Å². The second kappa shape index (κ2) is 7.94. The lowest BCUT2D eigenvalue weighted by Gasteiger charge is -2.36. The Morgan fingerprint density at radius 3 is 2.30 bits per heavy atom. The monoisotopic (exact) mass is 404 g/mol. The Kier molecular flexibility index (Phi) is 4.99. The average Bonchev–Trinajstić information content (AvgIpc) is 3.33. The molecule has 2 aromatic carbocycles. The summed E-state index contributed by atoms with van der Waals surface area (Å²) in [5.41, 5.74) is 2.20. The predicted octanol–water partition coefficient (Wildman–Crippen LogP) is 3.94. The summed E-state index contributed by atoms with van der Waals surface area (Å²) in [4.78, 5) is 24.5. The molecule has 3 aromatic rings. The first-order valence-electron chi connectivity index (χ1n) is 10.6. The van der Waals surface area contributed by atoms with E-state index < -0.39 is 0 Å². The van der Waals surface area contributed by atoms with Crippen LogP contribution in [0.1, 0.15) is 23.2 Å². The van der Waals surface area contributed by atoms with Gasteiger partial charge >= 0.3 is 0 Å². The van der Waals surface area contributed by atoms with E-state index in [9.17, 15) is 9.18 Å². The molecule has 0 bridgehead atoms. The SMILES string of the molecule is O=C(c1cc2ccccc2nc1N1CCCC1)N1CCN(c2ccccc2F)CC1. The van der Waals surface area contributed by atoms with Crippen molar-refractivity contribution in [2.75, 3.05) is 49.1 Å². The summed E-state index contributed by atoms with van der Waals surface area (Å²) in [6.07, 6.45) is 2.26. The van der Waals surface area contributed by atoms with E-state index >= 15 is 0 Å². The summed E-state index contributed by atoms with van der Waals surface area (Å²) < 4.78 is 14.1. The first-order valence-corrected chi connectivity index (χ1v) is 10.6. The Hall–Kier alpha value is -3.15. The number of hydrogen-bond acceptors (Lipinski definition) is 4. The van der Waals surface area contributed by atoms with Crippen LogP contribution in [0, 0.1) is 5.82 Å². The van der Waals surface area contributed by atoms with E-state index in [1.54, 1.807) is 12.1 Å². The number of anilines is 2. The zero-order valence-corrected chi connectivity index (χ0v) is 16.9. The van der Waals surface area contributed by atoms with Crippen LogP contribution >= 0.6 is 0 Å². The Labute approximate surface area is 175 Å². The molecule has 0 aliphatic carbocycles. The fraction of sp³-hybridized carbons (Fsp3) is 0.333. The van der Waals surface area contributed by atoms with Crippen LogP contribution in [0.5, 0.6) is 0 Å². The van der Waals surface area contributed by atoms with Crippen molar-refractivity contribution in [1.82, 2.24) is 9.88 Å². The van der Waals surface area contributed by atoms with E-state index in [2.05, 4.69) is 4.90 Å². The lowest BCUT2D eigenvalue weighted by molar-refractivity contribution is 0.0747. The fourth-order valence-electron chi connectivity index (χ4n) is 4.46. The Balaban J connectivity index is 1.41. The van der Waals surface area contributed by atoms with E-state index in [0.29, 0.717) is 37.4 Å². The van der Waals surface area contributed by atoms with Gasteiger partial charge < -0.3 is 14.7 Å². The minimum Gasteiger partial charge on any atom is -0.366 e. The molecule has 30 heavy (non-hydrogen) atoms. The van der Waals surface area contributed by atoms with Crippen LogP contribution < -0.4 is 9.80 Å². The third-order valence-corrected chi connectivity index (χ3v) is 6.10. The van der Waals surface area contributed by atoms with Crippen LogP contribution in [0.2, 0.25) is 0 Å². The highest BCUT2D eigenvalue weighted by atomic mass is 19.1. The highest BCUT2D eigenvalue weighted by molar-refractivity contribution is 6.02. The normalized spacial score (nSPS) is 17.0. The van der Waals surface area contributed by atoms with Crippen molar-refractivity contribution in [2.24, 2.45) is 0 Å². The molecular formula is C24H25FN4O. The molecule has 0 unspecified atom stereocenters. The number of rotatable bonds is 3. The maximum atomic E-state index is 14.1. The molecule has 2 aliphatic rings. The number of carbonyl (C=O) groups is 1. The lowest BCUT2D eigenvalue weighted by Crippen LogP contribution is -2.49. The molecule has 0 saturated carbocycles. The Morgan fingerprint density at radius 2 is 1.53 bits per heavy atom. The molecule has 0 N–H and O–H groups in total. The number of hydrogen-bond donors (Lipinski definition) is 0. The molecule has 2 saturated heterocycles. The summed E-state index contributed by atoms with van der Waals surface area (Å²) in [7, 11) is 0. The number of fused-ring (bicyclic) bond motifs is 1. The van der Waals surface area contributed by atoms with Crippen molar-refractivity contribution in [3.8, 4) is 0 Å². The minimum absolute atomic E-state index is 0.0170. The van der Waals surface area contributed by atoms with Gasteiger partial charge in [0.1, 0.15) is 11.6 Å². The summed E-state index contributed by atoms with van der Waals surface area (Å²) in [5, 5.41) is 0.980. The number of aromatic nitrogens is 1. The van der Waals surface area contributed by atoms with Gasteiger partial charge in [0.25, 0.3) is 5.91 Å². The molecule has 2 aliphatic heterocycles. The van der Waals surface area contributed by atoms with Crippen LogP contribution in [0.15, 0.2) is 54.6 Å². The van der Waals surface area contributed by atoms with Crippen molar-refractivity contribution in [2.45, 2.75) is 12.8 Å². The Bertz CT molecular complexity index is 1070. The molecule has 5 nitrogen and oxygen atoms in total. The van der Waals surface area contributed by atoms with Crippen LogP contribution in [-0.2, 0) is 0 Å². The minimum atomic E-state index is -0.215. The molecule has 5 rings (SSSR count). The molecular weight excluding hydrogens is 379 g/mol. The third-order valence-electron chi connectivity index (χ3n) is 6.10. The van der Waals surface area contributed by atoms with E-state index in [-0.39, 0.29) is 11.7 Å². The number of carbonyl (C=O) groups excluding carboxylic acids is 1. The molecule has 1 aromatic heterocycles. The van der Waals surface area contributed by atoms with Gasteiger partial charge in [-0.25, -0.2) is 9.37 Å². The largest absolute Gasteiger partial charge is 0.366 e. The van der Waals surface area contributed by atoms with Gasteiger partial charge in [0.15, 0.2) is 0 Å². The zero-order chi connectivity index (χ0) is 20.5. The van der Waals surface area contributed by atoms with Crippen LogP contribution in [0.4, 0.5) is 15.9 Å². The first-order chi connectivity index (χ1) is 14.7. The van der Waals surface area contributed by atoms with Gasteiger partial charge in [0, 0.05) is 44.7 Å². The average molecular weight is 404 g/mol. The van der Waals surface area contributed by atoms with Crippen molar-refractivity contribution >= 4 is 28.3 Å². The summed E-state index contributed by atoms with van der Waals surface area (Å²) in [5.74, 6) is 0.600. The van der Waals surface area contributed by atoms with E-state index in [0.717, 1.165) is 42.7 Å². The van der Waals surface area contributed by atoms with Crippen molar-refractivity contribution in [1.29, 1.82) is 0 Å². The maximum Gasteiger partial charge on any atom is 0.257 e.